The highest BCUT2D eigenvalue weighted by atomic mass is 79.9. The molecule has 0 aliphatic rings. The molecule has 2 rings (SSSR count). The van der Waals surface area contributed by atoms with Gasteiger partial charge in [-0.15, -0.1) is 0 Å². The average molecular weight is 408 g/mol. The first kappa shape index (κ1) is 18.2. The summed E-state index contributed by atoms with van der Waals surface area (Å²) in [5.41, 5.74) is 4.43. The minimum atomic E-state index is 0.299. The van der Waals surface area contributed by atoms with Crippen LogP contribution in [0.5, 0.6) is 11.5 Å². The van der Waals surface area contributed by atoms with Gasteiger partial charge in [0.2, 0.25) is 0 Å². The Morgan fingerprint density at radius 2 is 1.71 bits per heavy atom. The summed E-state index contributed by atoms with van der Waals surface area (Å²) in [6, 6.07) is 15.2. The molecule has 2 aromatic carbocycles. The zero-order valence-electron chi connectivity index (χ0n) is 13.4. The molecule has 0 unspecified atom stereocenters. The van der Waals surface area contributed by atoms with Crippen LogP contribution in [0.1, 0.15) is 5.56 Å². The highest BCUT2D eigenvalue weighted by Gasteiger charge is 2.07. The van der Waals surface area contributed by atoms with Gasteiger partial charge in [0.1, 0.15) is 23.8 Å². The molecule has 2 N–H and O–H groups in total. The van der Waals surface area contributed by atoms with Gasteiger partial charge in [0.05, 0.1) is 7.11 Å². The van der Waals surface area contributed by atoms with Crippen molar-refractivity contribution in [3.05, 3.63) is 58.6 Å². The first-order chi connectivity index (χ1) is 11.6. The fraction of sp³-hybridized carbons (Fsp3) is 0.176. The fourth-order valence-corrected chi connectivity index (χ4v) is 2.13. The second-order valence-corrected chi connectivity index (χ2v) is 6.04. The van der Waals surface area contributed by atoms with Gasteiger partial charge >= 0.3 is 0 Å². The van der Waals surface area contributed by atoms with Crippen LogP contribution in [-0.2, 0) is 0 Å². The molecule has 24 heavy (non-hydrogen) atoms. The third kappa shape index (κ3) is 5.50. The summed E-state index contributed by atoms with van der Waals surface area (Å²) in [5.74, 6) is 1.54. The number of ether oxygens (including phenoxy) is 2. The van der Waals surface area contributed by atoms with Crippen LogP contribution in [0.3, 0.4) is 0 Å². The first-order valence-corrected chi connectivity index (χ1v) is 8.39. The Balaban J connectivity index is 2.14. The van der Waals surface area contributed by atoms with Crippen molar-refractivity contribution in [1.29, 1.82) is 0 Å². The lowest BCUT2D eigenvalue weighted by Gasteiger charge is -2.11. The van der Waals surface area contributed by atoms with Gasteiger partial charge in [0.25, 0.3) is 0 Å². The number of rotatable bonds is 6. The SMILES string of the molecule is CNC(=S)N/N=C(/COc1ccc(Br)cc1)c1ccc(OC)cc1. The molecular formula is C17H18BrN3O2S. The van der Waals surface area contributed by atoms with Crippen LogP contribution in [0.15, 0.2) is 58.1 Å². The van der Waals surface area contributed by atoms with Crippen molar-refractivity contribution in [3.63, 3.8) is 0 Å². The molecule has 2 aromatic rings. The van der Waals surface area contributed by atoms with Crippen molar-refractivity contribution in [3.8, 4) is 11.5 Å². The summed E-state index contributed by atoms with van der Waals surface area (Å²) in [5, 5.41) is 7.59. The Morgan fingerprint density at radius 3 is 2.29 bits per heavy atom. The van der Waals surface area contributed by atoms with Crippen LogP contribution in [0, 0.1) is 0 Å². The van der Waals surface area contributed by atoms with Gasteiger partial charge in [-0.05, 0) is 60.7 Å². The second kappa shape index (κ2) is 9.24. The number of halogens is 1. The van der Waals surface area contributed by atoms with E-state index >= 15 is 0 Å². The van der Waals surface area contributed by atoms with Crippen LogP contribution >= 0.6 is 28.1 Å². The van der Waals surface area contributed by atoms with E-state index in [-0.39, 0.29) is 0 Å². The van der Waals surface area contributed by atoms with E-state index < -0.39 is 0 Å². The van der Waals surface area contributed by atoms with Gasteiger partial charge in [-0.25, -0.2) is 0 Å². The fourth-order valence-electron chi connectivity index (χ4n) is 1.82. The van der Waals surface area contributed by atoms with Crippen LogP contribution in [0.4, 0.5) is 0 Å². The van der Waals surface area contributed by atoms with Crippen LogP contribution < -0.4 is 20.2 Å². The molecule has 7 heteroatoms. The quantitative estimate of drug-likeness (QED) is 0.436. The Bertz CT molecular complexity index is 703. The van der Waals surface area contributed by atoms with E-state index in [2.05, 4.69) is 31.8 Å². The Hall–Kier alpha value is -2.12. The lowest BCUT2D eigenvalue weighted by Crippen LogP contribution is -2.30. The maximum Gasteiger partial charge on any atom is 0.186 e. The maximum absolute atomic E-state index is 5.81. The Labute approximate surface area is 155 Å². The van der Waals surface area contributed by atoms with E-state index in [0.29, 0.717) is 11.7 Å². The number of benzene rings is 2. The molecule has 0 heterocycles. The molecule has 5 nitrogen and oxygen atoms in total. The van der Waals surface area contributed by atoms with Gasteiger partial charge < -0.3 is 14.8 Å². The highest BCUT2D eigenvalue weighted by molar-refractivity contribution is 9.10. The largest absolute Gasteiger partial charge is 0.497 e. The maximum atomic E-state index is 5.81. The molecule has 0 amide bonds. The average Bonchev–Trinajstić information content (AvgIpc) is 2.63. The topological polar surface area (TPSA) is 54.9 Å². The monoisotopic (exact) mass is 407 g/mol. The molecule has 0 saturated heterocycles. The molecule has 0 aromatic heterocycles. The van der Waals surface area contributed by atoms with E-state index in [9.17, 15) is 0 Å². The lowest BCUT2D eigenvalue weighted by molar-refractivity contribution is 0.376. The van der Waals surface area contributed by atoms with Gasteiger partial charge in [-0.2, -0.15) is 5.10 Å². The van der Waals surface area contributed by atoms with Crippen molar-refractivity contribution < 1.29 is 9.47 Å². The molecule has 0 bridgehead atoms. The lowest BCUT2D eigenvalue weighted by atomic mass is 10.1. The van der Waals surface area contributed by atoms with E-state index in [1.807, 2.05) is 48.5 Å². The van der Waals surface area contributed by atoms with Gasteiger partial charge in [0.15, 0.2) is 5.11 Å². The number of hydrazone groups is 1. The second-order valence-electron chi connectivity index (χ2n) is 4.72. The van der Waals surface area contributed by atoms with Crippen molar-refractivity contribution in [2.75, 3.05) is 20.8 Å². The van der Waals surface area contributed by atoms with E-state index in [1.165, 1.54) is 0 Å². The van der Waals surface area contributed by atoms with Crippen LogP contribution in [0.2, 0.25) is 0 Å². The molecule has 0 fully saturated rings. The summed E-state index contributed by atoms with van der Waals surface area (Å²) in [6.07, 6.45) is 0. The Kier molecular flexibility index (Phi) is 7.02. The van der Waals surface area contributed by atoms with Crippen LogP contribution in [0.25, 0.3) is 0 Å². The highest BCUT2D eigenvalue weighted by Crippen LogP contribution is 2.17. The molecule has 0 saturated carbocycles. The predicted octanol–water partition coefficient (Wildman–Crippen LogP) is 3.33. The van der Waals surface area contributed by atoms with E-state index in [1.54, 1.807) is 14.2 Å². The normalized spacial score (nSPS) is 10.9. The van der Waals surface area contributed by atoms with Crippen LogP contribution in [-0.4, -0.2) is 31.6 Å². The van der Waals surface area contributed by atoms with Crippen molar-refractivity contribution >= 4 is 39.0 Å². The summed E-state index contributed by atoms with van der Waals surface area (Å²) in [7, 11) is 3.36. The van der Waals surface area contributed by atoms with E-state index in [0.717, 1.165) is 27.2 Å². The zero-order chi connectivity index (χ0) is 17.4. The first-order valence-electron chi connectivity index (χ1n) is 7.19. The predicted molar refractivity (Wildman–Crippen MR) is 104 cm³/mol. The summed E-state index contributed by atoms with van der Waals surface area (Å²) >= 11 is 8.46. The number of nitrogens with one attached hydrogen (secondary N) is 2. The third-order valence-electron chi connectivity index (χ3n) is 3.13. The molecular weight excluding hydrogens is 390 g/mol. The number of thiocarbonyl (C=S) groups is 1. The number of nitrogens with zero attached hydrogens (tertiary/aromatic N) is 1. The molecule has 126 valence electrons. The summed E-state index contributed by atoms with van der Waals surface area (Å²) in [4.78, 5) is 0. The van der Waals surface area contributed by atoms with E-state index in [4.69, 9.17) is 21.7 Å². The summed E-state index contributed by atoms with van der Waals surface area (Å²) in [6.45, 7) is 0.299. The minimum absolute atomic E-state index is 0.299. The molecule has 0 radical (unpaired) electrons. The number of methoxy groups -OCH3 is 1. The summed E-state index contributed by atoms with van der Waals surface area (Å²) < 4.78 is 12.0. The molecule has 0 spiro atoms. The van der Waals surface area contributed by atoms with Gasteiger partial charge in [0, 0.05) is 17.1 Å². The zero-order valence-corrected chi connectivity index (χ0v) is 15.8. The number of hydrogen-bond acceptors (Lipinski definition) is 4. The molecule has 0 aliphatic heterocycles. The van der Waals surface area contributed by atoms with Gasteiger partial charge in [-0.3, -0.25) is 5.43 Å². The smallest absolute Gasteiger partial charge is 0.186 e. The molecule has 0 aliphatic carbocycles. The minimum Gasteiger partial charge on any atom is -0.497 e. The Morgan fingerprint density at radius 1 is 1.08 bits per heavy atom. The third-order valence-corrected chi connectivity index (χ3v) is 3.96. The number of hydrogen-bond donors (Lipinski definition) is 2. The molecule has 0 atom stereocenters. The van der Waals surface area contributed by atoms with Crippen molar-refractivity contribution in [2.24, 2.45) is 5.10 Å². The van der Waals surface area contributed by atoms with Crippen molar-refractivity contribution in [2.45, 2.75) is 0 Å². The van der Waals surface area contributed by atoms with Crippen molar-refractivity contribution in [1.82, 2.24) is 10.7 Å². The van der Waals surface area contributed by atoms with Gasteiger partial charge in [-0.1, -0.05) is 15.9 Å². The standard InChI is InChI=1S/C17H18BrN3O2S/c1-19-17(24)21-20-16(12-3-7-14(22-2)8-4-12)11-23-15-9-5-13(18)6-10-15/h3-10H,11H2,1-2H3,(H2,19,21,24)/b20-16-.